The van der Waals surface area contributed by atoms with Gasteiger partial charge in [-0.1, -0.05) is 65.7 Å². The van der Waals surface area contributed by atoms with Gasteiger partial charge in [-0.05, 0) is 114 Å². The fourth-order valence-corrected chi connectivity index (χ4v) is 8.60. The van der Waals surface area contributed by atoms with E-state index in [0.717, 1.165) is 33.2 Å². The van der Waals surface area contributed by atoms with E-state index >= 15 is 0 Å². The molecule has 0 atom stereocenters. The summed E-state index contributed by atoms with van der Waals surface area (Å²) in [6.45, 7) is 1.45. The van der Waals surface area contributed by atoms with Crippen molar-refractivity contribution >= 4 is 55.9 Å². The lowest BCUT2D eigenvalue weighted by molar-refractivity contribution is 0.0951. The molecule has 0 bridgehead atoms. The lowest BCUT2D eigenvalue weighted by atomic mass is 9.84. The number of nitrogens with zero attached hydrogens (tertiary/aromatic N) is 3. The molecule has 288 valence electrons. The highest BCUT2D eigenvalue weighted by atomic mass is 35.5. The van der Waals surface area contributed by atoms with E-state index in [-0.39, 0.29) is 29.4 Å². The quantitative estimate of drug-likeness (QED) is 0.0744. The van der Waals surface area contributed by atoms with Gasteiger partial charge in [-0.25, -0.2) is 18.4 Å². The predicted octanol–water partition coefficient (Wildman–Crippen LogP) is 8.07. The first-order valence-electron chi connectivity index (χ1n) is 18.4. The molecule has 0 saturated carbocycles. The first-order valence-corrected chi connectivity index (χ1v) is 20.6. The summed E-state index contributed by atoms with van der Waals surface area (Å²) in [5.74, 6) is 1.00. The molecule has 1 aliphatic rings. The number of sulfonamides is 1. The van der Waals surface area contributed by atoms with E-state index in [1.165, 1.54) is 28.6 Å². The summed E-state index contributed by atoms with van der Waals surface area (Å²) in [5.41, 5.74) is 5.19. The molecule has 13 heteroatoms. The van der Waals surface area contributed by atoms with E-state index < -0.39 is 10.0 Å². The van der Waals surface area contributed by atoms with Gasteiger partial charge in [0.2, 0.25) is 10.0 Å². The standard InChI is InChI=1S/C43H41Cl2N5O5S/c44-34-11-4-30(5-12-34)41(31-6-13-35(45)14-7-31)33-10-19-40-39(26-33)42(48-28-47-40)49-36-20-23-50(24-21-36)56(53,54)38-17-8-32(9-18-38)43(52)46-22-1-25-55-37-15-2-29(27-51)3-16-37/h2-19,26,28,36,41,51H,1,20-25,27H2,(H,46,52)(H,47,48,49). The summed E-state index contributed by atoms with van der Waals surface area (Å²) in [6, 6.07) is 35.1. The van der Waals surface area contributed by atoms with Crippen LogP contribution in [0.2, 0.25) is 10.0 Å². The van der Waals surface area contributed by atoms with Crippen molar-refractivity contribution in [2.45, 2.75) is 42.7 Å². The third kappa shape index (κ3) is 9.31. The maximum atomic E-state index is 13.6. The molecule has 7 rings (SSSR count). The number of hydrogen-bond acceptors (Lipinski definition) is 8. The zero-order chi connectivity index (χ0) is 39.1. The number of halogens is 2. The molecule has 0 spiro atoms. The van der Waals surface area contributed by atoms with Crippen LogP contribution in [0, 0.1) is 0 Å². The van der Waals surface area contributed by atoms with Gasteiger partial charge in [-0.2, -0.15) is 4.31 Å². The summed E-state index contributed by atoms with van der Waals surface area (Å²) in [4.78, 5) is 22.0. The van der Waals surface area contributed by atoms with Crippen molar-refractivity contribution in [1.29, 1.82) is 0 Å². The van der Waals surface area contributed by atoms with Crippen LogP contribution in [0.25, 0.3) is 10.9 Å². The number of amides is 1. The van der Waals surface area contributed by atoms with Crippen molar-refractivity contribution < 1.29 is 23.1 Å². The zero-order valence-corrected chi connectivity index (χ0v) is 32.8. The number of carbonyl (C=O) groups excluding carboxylic acids is 1. The summed E-state index contributed by atoms with van der Waals surface area (Å²) in [6.07, 6.45) is 3.30. The number of aliphatic hydroxyl groups excluding tert-OH is 1. The Balaban J connectivity index is 0.959. The van der Waals surface area contributed by atoms with E-state index in [1.54, 1.807) is 30.6 Å². The number of ether oxygens (including phenoxy) is 1. The lowest BCUT2D eigenvalue weighted by Crippen LogP contribution is -2.42. The fourth-order valence-electron chi connectivity index (χ4n) is 6.88. The SMILES string of the molecule is O=C(NCCCOc1ccc(CO)cc1)c1ccc(S(=O)(=O)N2CCC(Nc3ncnc4ccc(C(c5ccc(Cl)cc5)c5ccc(Cl)cc5)cc34)CC2)cc1. The molecule has 1 amide bonds. The normalized spacial score (nSPS) is 13.9. The minimum absolute atomic E-state index is 0.00480. The Morgan fingerprint density at radius 3 is 2.07 bits per heavy atom. The van der Waals surface area contributed by atoms with Crippen LogP contribution in [0.4, 0.5) is 5.82 Å². The van der Waals surface area contributed by atoms with Crippen LogP contribution < -0.4 is 15.4 Å². The van der Waals surface area contributed by atoms with Gasteiger partial charge in [-0.15, -0.1) is 0 Å². The smallest absolute Gasteiger partial charge is 0.251 e. The fraction of sp³-hybridized carbons (Fsp3) is 0.233. The van der Waals surface area contributed by atoms with E-state index in [2.05, 4.69) is 32.7 Å². The van der Waals surface area contributed by atoms with Crippen LogP contribution in [0.3, 0.4) is 0 Å². The average molecular weight is 811 g/mol. The number of fused-ring (bicyclic) bond motifs is 1. The van der Waals surface area contributed by atoms with Crippen molar-refractivity contribution in [2.24, 2.45) is 0 Å². The molecule has 6 aromatic rings. The highest BCUT2D eigenvalue weighted by Gasteiger charge is 2.30. The Morgan fingerprint density at radius 1 is 0.821 bits per heavy atom. The number of benzene rings is 5. The van der Waals surface area contributed by atoms with Crippen LogP contribution >= 0.6 is 23.2 Å². The zero-order valence-electron chi connectivity index (χ0n) is 30.4. The van der Waals surface area contributed by atoms with Crippen LogP contribution in [0.5, 0.6) is 5.75 Å². The Kier molecular flexibility index (Phi) is 12.5. The lowest BCUT2D eigenvalue weighted by Gasteiger charge is -2.32. The molecule has 0 unspecified atom stereocenters. The summed E-state index contributed by atoms with van der Waals surface area (Å²) >= 11 is 12.5. The minimum Gasteiger partial charge on any atom is -0.494 e. The molecule has 56 heavy (non-hydrogen) atoms. The number of aromatic nitrogens is 2. The first-order chi connectivity index (χ1) is 27.2. The van der Waals surface area contributed by atoms with Gasteiger partial charge in [-0.3, -0.25) is 4.79 Å². The van der Waals surface area contributed by atoms with Crippen LogP contribution in [0.15, 0.2) is 126 Å². The Labute approximate surface area is 336 Å². The van der Waals surface area contributed by atoms with Crippen molar-refractivity contribution in [3.05, 3.63) is 159 Å². The van der Waals surface area contributed by atoms with Gasteiger partial charge >= 0.3 is 0 Å². The molecule has 5 aromatic carbocycles. The number of nitrogens with one attached hydrogen (secondary N) is 2. The van der Waals surface area contributed by atoms with E-state index in [1.807, 2.05) is 54.6 Å². The monoisotopic (exact) mass is 809 g/mol. The summed E-state index contributed by atoms with van der Waals surface area (Å²) in [7, 11) is -3.76. The molecular formula is C43H41Cl2N5O5S. The number of anilines is 1. The van der Waals surface area contributed by atoms with Crippen LogP contribution in [-0.4, -0.2) is 66.0 Å². The van der Waals surface area contributed by atoms with Crippen LogP contribution in [-0.2, 0) is 16.6 Å². The second-order valence-electron chi connectivity index (χ2n) is 13.6. The number of aliphatic hydroxyl groups is 1. The molecule has 0 aliphatic carbocycles. The number of carbonyl (C=O) groups is 1. The Hall–Kier alpha value is -5.04. The van der Waals surface area contributed by atoms with Gasteiger partial charge in [0.25, 0.3) is 5.91 Å². The first kappa shape index (κ1) is 39.2. The Bertz CT molecular complexity index is 2330. The van der Waals surface area contributed by atoms with Gasteiger partial charge in [0.05, 0.1) is 23.6 Å². The van der Waals surface area contributed by atoms with Gasteiger partial charge < -0.3 is 20.5 Å². The molecule has 2 heterocycles. The van der Waals surface area contributed by atoms with E-state index in [9.17, 15) is 13.2 Å². The van der Waals surface area contributed by atoms with Crippen molar-refractivity contribution in [3.63, 3.8) is 0 Å². The molecular weight excluding hydrogens is 769 g/mol. The largest absolute Gasteiger partial charge is 0.494 e. The van der Waals surface area contributed by atoms with E-state index in [4.69, 9.17) is 33.0 Å². The number of piperidine rings is 1. The highest BCUT2D eigenvalue weighted by Crippen LogP contribution is 2.36. The van der Waals surface area contributed by atoms with Crippen molar-refractivity contribution in [1.82, 2.24) is 19.6 Å². The van der Waals surface area contributed by atoms with Crippen LogP contribution in [0.1, 0.15) is 57.8 Å². The van der Waals surface area contributed by atoms with Gasteiger partial charge in [0.15, 0.2) is 0 Å². The molecule has 1 saturated heterocycles. The molecule has 1 aromatic heterocycles. The second kappa shape index (κ2) is 17.8. The number of rotatable bonds is 14. The van der Waals surface area contributed by atoms with Crippen molar-refractivity contribution in [3.8, 4) is 5.75 Å². The maximum absolute atomic E-state index is 13.6. The Morgan fingerprint density at radius 2 is 1.45 bits per heavy atom. The van der Waals surface area contributed by atoms with Gasteiger partial charge in [0.1, 0.15) is 17.9 Å². The summed E-state index contributed by atoms with van der Waals surface area (Å²) in [5, 5.41) is 17.8. The molecule has 1 fully saturated rings. The molecule has 10 nitrogen and oxygen atoms in total. The van der Waals surface area contributed by atoms with E-state index in [0.29, 0.717) is 72.7 Å². The molecule has 1 aliphatic heterocycles. The predicted molar refractivity (Wildman–Crippen MR) is 220 cm³/mol. The average Bonchev–Trinajstić information content (AvgIpc) is 3.23. The van der Waals surface area contributed by atoms with Crippen molar-refractivity contribution in [2.75, 3.05) is 31.6 Å². The maximum Gasteiger partial charge on any atom is 0.251 e. The molecule has 3 N–H and O–H groups in total. The minimum atomic E-state index is -3.76. The third-order valence-corrected chi connectivity index (χ3v) is 12.3. The van der Waals surface area contributed by atoms with Gasteiger partial charge in [0, 0.05) is 52.6 Å². The highest BCUT2D eigenvalue weighted by molar-refractivity contribution is 7.89. The topological polar surface area (TPSA) is 134 Å². The second-order valence-corrected chi connectivity index (χ2v) is 16.5. The third-order valence-electron chi connectivity index (χ3n) is 9.93. The number of hydrogen-bond donors (Lipinski definition) is 3. The molecule has 0 radical (unpaired) electrons. The summed E-state index contributed by atoms with van der Waals surface area (Å²) < 4.78 is 34.4.